The number of nitrogens with zero attached hydrogens (tertiary/aromatic N) is 3. The van der Waals surface area contributed by atoms with Crippen molar-refractivity contribution in [1.29, 1.82) is 0 Å². The first kappa shape index (κ1) is 11.8. The van der Waals surface area contributed by atoms with E-state index in [0.29, 0.717) is 6.04 Å². The zero-order chi connectivity index (χ0) is 12.1. The number of hydrogen-bond acceptors (Lipinski definition) is 3. The van der Waals surface area contributed by atoms with E-state index in [0.717, 1.165) is 18.7 Å². The molecule has 2 rings (SSSR count). The molecule has 0 bridgehead atoms. The monoisotopic (exact) mass is 230 g/mol. The van der Waals surface area contributed by atoms with E-state index in [1.54, 1.807) is 0 Å². The second kappa shape index (κ2) is 5.59. The van der Waals surface area contributed by atoms with Crippen LogP contribution < -0.4 is 5.32 Å². The van der Waals surface area contributed by atoms with E-state index in [2.05, 4.69) is 32.0 Å². The molecule has 0 saturated heterocycles. The lowest BCUT2D eigenvalue weighted by atomic mass is 10.1. The standard InChI is InChI=1S/C13H18N4/c1-14-12(13-16-9-10-17(13)2)4-3-11-5-7-15-8-6-11/h5-10,12,14H,3-4H2,1-2H3. The minimum atomic E-state index is 0.295. The van der Waals surface area contributed by atoms with Gasteiger partial charge in [-0.1, -0.05) is 0 Å². The molecule has 0 fully saturated rings. The van der Waals surface area contributed by atoms with Gasteiger partial charge in [-0.15, -0.1) is 0 Å². The van der Waals surface area contributed by atoms with Gasteiger partial charge in [-0.2, -0.15) is 0 Å². The third-order valence-electron chi connectivity index (χ3n) is 2.99. The molecule has 1 N–H and O–H groups in total. The summed E-state index contributed by atoms with van der Waals surface area (Å²) in [6.45, 7) is 0. The van der Waals surface area contributed by atoms with Crippen molar-refractivity contribution in [2.24, 2.45) is 7.05 Å². The van der Waals surface area contributed by atoms with Crippen LogP contribution in [0.5, 0.6) is 0 Å². The van der Waals surface area contributed by atoms with Gasteiger partial charge in [-0.25, -0.2) is 4.98 Å². The van der Waals surface area contributed by atoms with Gasteiger partial charge in [-0.3, -0.25) is 4.98 Å². The largest absolute Gasteiger partial charge is 0.337 e. The molecule has 0 spiro atoms. The van der Waals surface area contributed by atoms with Gasteiger partial charge in [-0.05, 0) is 37.6 Å². The molecule has 0 amide bonds. The van der Waals surface area contributed by atoms with Crippen LogP contribution in [0.3, 0.4) is 0 Å². The van der Waals surface area contributed by atoms with E-state index in [4.69, 9.17) is 0 Å². The van der Waals surface area contributed by atoms with Crippen molar-refractivity contribution in [3.63, 3.8) is 0 Å². The average Bonchev–Trinajstić information content (AvgIpc) is 2.78. The molecule has 2 aromatic rings. The summed E-state index contributed by atoms with van der Waals surface area (Å²) in [4.78, 5) is 8.41. The lowest BCUT2D eigenvalue weighted by molar-refractivity contribution is 0.505. The van der Waals surface area contributed by atoms with Gasteiger partial charge in [0.2, 0.25) is 0 Å². The van der Waals surface area contributed by atoms with Crippen LogP contribution in [0, 0.1) is 0 Å². The minimum Gasteiger partial charge on any atom is -0.337 e. The third kappa shape index (κ3) is 2.91. The van der Waals surface area contributed by atoms with E-state index in [-0.39, 0.29) is 0 Å². The lowest BCUT2D eigenvalue weighted by Gasteiger charge is -2.15. The molecular formula is C13H18N4. The fourth-order valence-electron chi connectivity index (χ4n) is 1.98. The number of aromatic nitrogens is 3. The Morgan fingerprint density at radius 1 is 1.29 bits per heavy atom. The van der Waals surface area contributed by atoms with Gasteiger partial charge in [0, 0.05) is 31.8 Å². The fourth-order valence-corrected chi connectivity index (χ4v) is 1.98. The topological polar surface area (TPSA) is 42.7 Å². The van der Waals surface area contributed by atoms with E-state index in [1.807, 2.05) is 38.9 Å². The quantitative estimate of drug-likeness (QED) is 0.850. The Morgan fingerprint density at radius 2 is 2.06 bits per heavy atom. The number of aryl methyl sites for hydroxylation is 2. The van der Waals surface area contributed by atoms with Gasteiger partial charge in [0.05, 0.1) is 6.04 Å². The van der Waals surface area contributed by atoms with Crippen molar-refractivity contribution in [3.8, 4) is 0 Å². The van der Waals surface area contributed by atoms with Gasteiger partial charge in [0.15, 0.2) is 0 Å². The average molecular weight is 230 g/mol. The van der Waals surface area contributed by atoms with Crippen molar-refractivity contribution in [1.82, 2.24) is 19.9 Å². The van der Waals surface area contributed by atoms with Gasteiger partial charge in [0.1, 0.15) is 5.82 Å². The summed E-state index contributed by atoms with van der Waals surface area (Å²) in [5.74, 6) is 1.08. The normalized spacial score (nSPS) is 12.6. The predicted molar refractivity (Wildman–Crippen MR) is 67.6 cm³/mol. The SMILES string of the molecule is CNC(CCc1ccncc1)c1nccn1C. The maximum absolute atomic E-state index is 4.39. The van der Waals surface area contributed by atoms with Gasteiger partial charge in [0.25, 0.3) is 0 Å². The number of rotatable bonds is 5. The first-order valence-corrected chi connectivity index (χ1v) is 5.84. The molecule has 1 atom stereocenters. The number of nitrogens with one attached hydrogen (secondary N) is 1. The number of hydrogen-bond donors (Lipinski definition) is 1. The highest BCUT2D eigenvalue weighted by Gasteiger charge is 2.13. The van der Waals surface area contributed by atoms with Crippen molar-refractivity contribution in [2.45, 2.75) is 18.9 Å². The van der Waals surface area contributed by atoms with E-state index < -0.39 is 0 Å². The van der Waals surface area contributed by atoms with Crippen LogP contribution in [-0.2, 0) is 13.5 Å². The summed E-state index contributed by atoms with van der Waals surface area (Å²) in [6, 6.07) is 4.42. The Morgan fingerprint density at radius 3 is 2.65 bits per heavy atom. The second-order valence-electron chi connectivity index (χ2n) is 4.13. The Kier molecular flexibility index (Phi) is 3.88. The summed E-state index contributed by atoms with van der Waals surface area (Å²) in [5.41, 5.74) is 1.31. The van der Waals surface area contributed by atoms with Gasteiger partial charge >= 0.3 is 0 Å². The minimum absolute atomic E-state index is 0.295. The Bertz CT molecular complexity index is 449. The number of pyridine rings is 1. The van der Waals surface area contributed by atoms with Crippen molar-refractivity contribution < 1.29 is 0 Å². The van der Waals surface area contributed by atoms with Crippen LogP contribution in [0.2, 0.25) is 0 Å². The molecule has 17 heavy (non-hydrogen) atoms. The molecule has 1 unspecified atom stereocenters. The summed E-state index contributed by atoms with van der Waals surface area (Å²) in [5, 5.41) is 3.32. The van der Waals surface area contributed by atoms with Crippen LogP contribution in [0.25, 0.3) is 0 Å². The molecular weight excluding hydrogens is 212 g/mol. The van der Waals surface area contributed by atoms with Crippen LogP contribution in [0.4, 0.5) is 0 Å². The molecule has 0 aromatic carbocycles. The van der Waals surface area contributed by atoms with E-state index in [1.165, 1.54) is 5.56 Å². The molecule has 0 radical (unpaired) electrons. The highest BCUT2D eigenvalue weighted by Crippen LogP contribution is 2.16. The second-order valence-corrected chi connectivity index (χ2v) is 4.13. The van der Waals surface area contributed by atoms with Crippen molar-refractivity contribution >= 4 is 0 Å². The molecule has 4 heteroatoms. The van der Waals surface area contributed by atoms with Gasteiger partial charge < -0.3 is 9.88 Å². The first-order valence-electron chi connectivity index (χ1n) is 5.84. The number of imidazole rings is 1. The van der Waals surface area contributed by atoms with Crippen LogP contribution in [-0.4, -0.2) is 21.6 Å². The van der Waals surface area contributed by atoms with Crippen LogP contribution >= 0.6 is 0 Å². The predicted octanol–water partition coefficient (Wildman–Crippen LogP) is 1.71. The van der Waals surface area contributed by atoms with Crippen molar-refractivity contribution in [2.75, 3.05) is 7.05 Å². The summed E-state index contributed by atoms with van der Waals surface area (Å²) in [7, 11) is 4.00. The summed E-state index contributed by atoms with van der Waals surface area (Å²) in [6.07, 6.45) is 9.55. The molecule has 0 saturated carbocycles. The maximum atomic E-state index is 4.39. The molecule has 2 heterocycles. The highest BCUT2D eigenvalue weighted by atomic mass is 15.1. The zero-order valence-corrected chi connectivity index (χ0v) is 10.3. The zero-order valence-electron chi connectivity index (χ0n) is 10.3. The third-order valence-corrected chi connectivity index (χ3v) is 2.99. The summed E-state index contributed by atoms with van der Waals surface area (Å²) >= 11 is 0. The summed E-state index contributed by atoms with van der Waals surface area (Å²) < 4.78 is 2.06. The Balaban J connectivity index is 2.00. The van der Waals surface area contributed by atoms with E-state index in [9.17, 15) is 0 Å². The molecule has 0 aliphatic heterocycles. The lowest BCUT2D eigenvalue weighted by Crippen LogP contribution is -2.20. The molecule has 0 aliphatic rings. The molecule has 0 aliphatic carbocycles. The first-order chi connectivity index (χ1) is 8.31. The Labute approximate surface area is 102 Å². The van der Waals surface area contributed by atoms with Crippen LogP contribution in [0.15, 0.2) is 36.9 Å². The Hall–Kier alpha value is -1.68. The fraction of sp³-hybridized carbons (Fsp3) is 0.385. The molecule has 90 valence electrons. The smallest absolute Gasteiger partial charge is 0.125 e. The van der Waals surface area contributed by atoms with E-state index >= 15 is 0 Å². The molecule has 4 nitrogen and oxygen atoms in total. The van der Waals surface area contributed by atoms with Crippen LogP contribution in [0.1, 0.15) is 23.9 Å². The molecule has 2 aromatic heterocycles. The highest BCUT2D eigenvalue weighted by molar-refractivity contribution is 5.10. The van der Waals surface area contributed by atoms with Crippen molar-refractivity contribution in [3.05, 3.63) is 48.3 Å². The maximum Gasteiger partial charge on any atom is 0.125 e.